The van der Waals surface area contributed by atoms with Crippen molar-refractivity contribution in [3.63, 3.8) is 0 Å². The van der Waals surface area contributed by atoms with Crippen molar-refractivity contribution in [1.82, 2.24) is 4.57 Å². The monoisotopic (exact) mass is 418 g/mol. The molecule has 10 nitrogen and oxygen atoms in total. The number of ether oxygens (including phenoxy) is 3. The number of carbonyl (C=O) groups is 3. The van der Waals surface area contributed by atoms with Crippen LogP contribution in [0.25, 0.3) is 0 Å². The average Bonchev–Trinajstić information content (AvgIpc) is 3.02. The van der Waals surface area contributed by atoms with Gasteiger partial charge in [-0.1, -0.05) is 0 Å². The number of hydrogen-bond acceptors (Lipinski definition) is 8. The van der Waals surface area contributed by atoms with Gasteiger partial charge in [0.2, 0.25) is 5.78 Å². The summed E-state index contributed by atoms with van der Waals surface area (Å²) in [6, 6.07) is 5.16. The van der Waals surface area contributed by atoms with Gasteiger partial charge in [0.15, 0.2) is 6.61 Å². The molecule has 1 aromatic heterocycles. The van der Waals surface area contributed by atoms with Gasteiger partial charge in [0, 0.05) is 35.6 Å². The fourth-order valence-corrected chi connectivity index (χ4v) is 2.99. The number of aromatic nitrogens is 1. The number of methoxy groups -OCH3 is 2. The highest BCUT2D eigenvalue weighted by molar-refractivity contribution is 6.01. The summed E-state index contributed by atoms with van der Waals surface area (Å²) < 4.78 is 16.5. The van der Waals surface area contributed by atoms with E-state index in [4.69, 9.17) is 9.47 Å². The van der Waals surface area contributed by atoms with Gasteiger partial charge >= 0.3 is 11.9 Å². The number of hydrogen-bond donors (Lipinski definition) is 0. The highest BCUT2D eigenvalue weighted by atomic mass is 16.6. The van der Waals surface area contributed by atoms with Crippen LogP contribution in [-0.2, 0) is 20.8 Å². The zero-order chi connectivity index (χ0) is 22.4. The molecule has 10 heteroatoms. The minimum Gasteiger partial charge on any atom is -0.496 e. The third kappa shape index (κ3) is 5.02. The number of ketones is 1. The third-order valence-electron chi connectivity index (χ3n) is 4.59. The molecule has 30 heavy (non-hydrogen) atoms. The molecule has 0 aliphatic carbocycles. The smallest absolute Gasteiger partial charge is 0.342 e. The van der Waals surface area contributed by atoms with E-state index in [0.717, 1.165) is 11.8 Å². The molecule has 0 unspecified atom stereocenters. The molecule has 0 atom stereocenters. The Labute approximate surface area is 172 Å². The molecule has 0 saturated heterocycles. The number of rotatable bonds is 9. The van der Waals surface area contributed by atoms with E-state index >= 15 is 0 Å². The number of carbonyl (C=O) groups excluding carboxylic acids is 3. The van der Waals surface area contributed by atoms with Crippen molar-refractivity contribution in [2.45, 2.75) is 26.8 Å². The summed E-state index contributed by atoms with van der Waals surface area (Å²) in [6.45, 7) is 3.32. The van der Waals surface area contributed by atoms with Crippen LogP contribution in [-0.4, -0.2) is 48.0 Å². The lowest BCUT2D eigenvalue weighted by atomic mass is 10.1. The van der Waals surface area contributed by atoms with E-state index < -0.39 is 23.3 Å². The molecular weight excluding hydrogens is 396 g/mol. The summed E-state index contributed by atoms with van der Waals surface area (Å²) >= 11 is 0. The molecule has 1 aromatic carbocycles. The van der Waals surface area contributed by atoms with Crippen LogP contribution in [0.5, 0.6) is 5.75 Å². The second kappa shape index (κ2) is 9.68. The Hall–Kier alpha value is -3.69. The second-order valence-corrected chi connectivity index (χ2v) is 6.40. The Morgan fingerprint density at radius 2 is 1.80 bits per heavy atom. The zero-order valence-corrected chi connectivity index (χ0v) is 17.1. The van der Waals surface area contributed by atoms with Crippen molar-refractivity contribution >= 4 is 23.4 Å². The van der Waals surface area contributed by atoms with Crippen LogP contribution in [0.3, 0.4) is 0 Å². The number of Topliss-reactive ketones (excluding diaryl/α,β-unsaturated/α-hetero) is 1. The summed E-state index contributed by atoms with van der Waals surface area (Å²) in [5.74, 6) is -1.62. The molecule has 0 saturated carbocycles. The minimum atomic E-state index is -0.914. The fourth-order valence-electron chi connectivity index (χ4n) is 2.99. The van der Waals surface area contributed by atoms with Gasteiger partial charge < -0.3 is 18.8 Å². The zero-order valence-electron chi connectivity index (χ0n) is 17.1. The van der Waals surface area contributed by atoms with Crippen molar-refractivity contribution in [2.24, 2.45) is 0 Å². The Morgan fingerprint density at radius 3 is 2.40 bits per heavy atom. The first-order valence-corrected chi connectivity index (χ1v) is 8.95. The quantitative estimate of drug-likeness (QED) is 0.263. The van der Waals surface area contributed by atoms with Gasteiger partial charge in [-0.2, -0.15) is 0 Å². The van der Waals surface area contributed by atoms with Crippen LogP contribution >= 0.6 is 0 Å². The fraction of sp³-hybridized carbons (Fsp3) is 0.350. The Balaban J connectivity index is 2.13. The highest BCUT2D eigenvalue weighted by Crippen LogP contribution is 2.25. The molecule has 0 fully saturated rings. The standard InChI is InChI=1S/C20H22N2O8/c1-12-9-15(13(2)21(12)8-7-19(24)29-4)17(23)11-30-20(25)16-10-14(22(26)27)5-6-18(16)28-3/h5-6,9-10H,7-8,11H2,1-4H3. The number of aryl methyl sites for hydroxylation is 1. The number of benzene rings is 1. The van der Waals surface area contributed by atoms with Crippen molar-refractivity contribution in [3.05, 3.63) is 56.9 Å². The predicted molar refractivity (Wildman–Crippen MR) is 105 cm³/mol. The number of nitro groups is 1. The SMILES string of the molecule is COC(=O)CCn1c(C)cc(C(=O)COC(=O)c2cc([N+](=O)[O-])ccc2OC)c1C. The molecule has 0 aliphatic rings. The van der Waals surface area contributed by atoms with Crippen LogP contribution in [0.1, 0.15) is 38.5 Å². The van der Waals surface area contributed by atoms with E-state index in [2.05, 4.69) is 4.74 Å². The highest BCUT2D eigenvalue weighted by Gasteiger charge is 2.22. The molecule has 160 valence electrons. The Morgan fingerprint density at radius 1 is 1.10 bits per heavy atom. The number of esters is 2. The maximum atomic E-state index is 12.6. The van der Waals surface area contributed by atoms with Crippen molar-refractivity contribution in [1.29, 1.82) is 0 Å². The molecule has 0 aliphatic heterocycles. The lowest BCUT2D eigenvalue weighted by Gasteiger charge is -2.10. The molecule has 0 bridgehead atoms. The van der Waals surface area contributed by atoms with Gasteiger partial charge in [-0.25, -0.2) is 4.79 Å². The van der Waals surface area contributed by atoms with Gasteiger partial charge in [-0.3, -0.25) is 19.7 Å². The van der Waals surface area contributed by atoms with Crippen LogP contribution in [0.2, 0.25) is 0 Å². The van der Waals surface area contributed by atoms with E-state index in [1.165, 1.54) is 26.4 Å². The molecular formula is C20H22N2O8. The number of nitrogens with zero attached hydrogens (tertiary/aromatic N) is 2. The predicted octanol–water partition coefficient (Wildman–Crippen LogP) is 2.62. The summed E-state index contributed by atoms with van der Waals surface area (Å²) in [5.41, 5.74) is 1.30. The Bertz CT molecular complexity index is 993. The first-order valence-electron chi connectivity index (χ1n) is 8.95. The van der Waals surface area contributed by atoms with Gasteiger partial charge in [0.25, 0.3) is 5.69 Å². The summed E-state index contributed by atoms with van der Waals surface area (Å²) in [4.78, 5) is 46.6. The maximum absolute atomic E-state index is 12.6. The number of non-ortho nitro benzene ring substituents is 1. The van der Waals surface area contributed by atoms with E-state index in [9.17, 15) is 24.5 Å². The molecule has 0 radical (unpaired) electrons. The maximum Gasteiger partial charge on any atom is 0.342 e. The van der Waals surface area contributed by atoms with Crippen LogP contribution < -0.4 is 4.74 Å². The van der Waals surface area contributed by atoms with E-state index in [1.807, 2.05) is 0 Å². The summed E-state index contributed by atoms with van der Waals surface area (Å²) in [7, 11) is 2.61. The molecule has 0 N–H and O–H groups in total. The molecule has 1 heterocycles. The summed E-state index contributed by atoms with van der Waals surface area (Å²) in [5, 5.41) is 10.9. The minimum absolute atomic E-state index is 0.0963. The topological polar surface area (TPSA) is 127 Å². The third-order valence-corrected chi connectivity index (χ3v) is 4.59. The van der Waals surface area contributed by atoms with Crippen LogP contribution in [0.4, 0.5) is 5.69 Å². The van der Waals surface area contributed by atoms with Crippen molar-refractivity contribution < 1.29 is 33.5 Å². The molecule has 2 rings (SSSR count). The van der Waals surface area contributed by atoms with Crippen molar-refractivity contribution in [3.8, 4) is 5.75 Å². The average molecular weight is 418 g/mol. The number of nitro benzene ring substituents is 1. The van der Waals surface area contributed by atoms with Gasteiger partial charge in [0.05, 0.1) is 25.6 Å². The molecule has 0 amide bonds. The molecule has 0 spiro atoms. The van der Waals surface area contributed by atoms with E-state index in [0.29, 0.717) is 17.8 Å². The van der Waals surface area contributed by atoms with Gasteiger partial charge in [-0.05, 0) is 26.0 Å². The largest absolute Gasteiger partial charge is 0.496 e. The summed E-state index contributed by atoms with van der Waals surface area (Å²) in [6.07, 6.45) is 0.155. The lowest BCUT2D eigenvalue weighted by Crippen LogP contribution is -2.16. The van der Waals surface area contributed by atoms with E-state index in [-0.39, 0.29) is 29.4 Å². The normalized spacial score (nSPS) is 10.4. The van der Waals surface area contributed by atoms with Crippen LogP contribution in [0, 0.1) is 24.0 Å². The van der Waals surface area contributed by atoms with Crippen molar-refractivity contribution in [2.75, 3.05) is 20.8 Å². The Kier molecular flexibility index (Phi) is 7.29. The van der Waals surface area contributed by atoms with E-state index in [1.54, 1.807) is 24.5 Å². The van der Waals surface area contributed by atoms with Crippen LogP contribution in [0.15, 0.2) is 24.3 Å². The first-order chi connectivity index (χ1) is 14.2. The van der Waals surface area contributed by atoms with Gasteiger partial charge in [-0.15, -0.1) is 0 Å². The second-order valence-electron chi connectivity index (χ2n) is 6.40. The lowest BCUT2D eigenvalue weighted by molar-refractivity contribution is -0.384. The van der Waals surface area contributed by atoms with Gasteiger partial charge in [0.1, 0.15) is 11.3 Å². The first kappa shape index (κ1) is 22.6. The molecule has 2 aromatic rings.